The number of ether oxygens (including phenoxy) is 3. The molecule has 1 N–H and O–H groups in total. The third-order valence-electron chi connectivity index (χ3n) is 2.78. The minimum atomic E-state index is -0.788. The molecule has 0 bridgehead atoms. The Hall–Kier alpha value is -2.83. The highest BCUT2D eigenvalue weighted by Crippen LogP contribution is 2.03. The Morgan fingerprint density at radius 3 is 2.39 bits per heavy atom. The van der Waals surface area contributed by atoms with Crippen LogP contribution in [0.2, 0.25) is 0 Å². The second-order valence-corrected chi connectivity index (χ2v) is 4.41. The molecule has 0 spiro atoms. The van der Waals surface area contributed by atoms with Crippen LogP contribution in [0.1, 0.15) is 18.4 Å². The van der Waals surface area contributed by atoms with E-state index in [4.69, 9.17) is 4.74 Å². The summed E-state index contributed by atoms with van der Waals surface area (Å²) in [6.07, 6.45) is 0.893. The number of carbonyl (C=O) groups is 3. The highest BCUT2D eigenvalue weighted by molar-refractivity contribution is 5.92. The van der Waals surface area contributed by atoms with Gasteiger partial charge in [0.2, 0.25) is 0 Å². The van der Waals surface area contributed by atoms with Gasteiger partial charge in [-0.05, 0) is 12.0 Å². The Kier molecular flexibility index (Phi) is 7.91. The number of carbonyl (C=O) groups excluding carboxylic acids is 3. The first-order chi connectivity index (χ1) is 11.1. The Balaban J connectivity index is 2.55. The molecule has 1 aromatic carbocycles. The quantitative estimate of drug-likeness (QED) is 0.469. The maximum Gasteiger partial charge on any atom is 0.412 e. The molecule has 1 amide bonds. The van der Waals surface area contributed by atoms with E-state index in [0.717, 1.165) is 5.56 Å². The number of nitrogens with one attached hydrogen (secondary N) is 1. The fraction of sp³-hybridized carbons (Fsp3) is 0.312. The topological polar surface area (TPSA) is 90.9 Å². The van der Waals surface area contributed by atoms with Gasteiger partial charge in [0.25, 0.3) is 0 Å². The van der Waals surface area contributed by atoms with Gasteiger partial charge in [0, 0.05) is 6.42 Å². The lowest BCUT2D eigenvalue weighted by molar-refractivity contribution is -0.140. The minimum Gasteiger partial charge on any atom is -0.469 e. The monoisotopic (exact) mass is 321 g/mol. The van der Waals surface area contributed by atoms with Gasteiger partial charge in [-0.25, -0.2) is 9.59 Å². The van der Waals surface area contributed by atoms with Crippen molar-refractivity contribution in [2.75, 3.05) is 14.2 Å². The Morgan fingerprint density at radius 2 is 1.78 bits per heavy atom. The highest BCUT2D eigenvalue weighted by Gasteiger charge is 2.14. The predicted octanol–water partition coefficient (Wildman–Crippen LogP) is 1.92. The first-order valence-corrected chi connectivity index (χ1v) is 6.89. The molecule has 0 atom stereocenters. The van der Waals surface area contributed by atoms with E-state index in [1.807, 2.05) is 18.2 Å². The van der Waals surface area contributed by atoms with Crippen molar-refractivity contribution in [2.24, 2.45) is 0 Å². The van der Waals surface area contributed by atoms with Crippen LogP contribution in [0, 0.1) is 0 Å². The van der Waals surface area contributed by atoms with Gasteiger partial charge in [-0.15, -0.1) is 0 Å². The van der Waals surface area contributed by atoms with Gasteiger partial charge in [0.1, 0.15) is 12.3 Å². The lowest BCUT2D eigenvalue weighted by atomic mass is 10.2. The number of allylic oxidation sites excluding steroid dienone is 1. The second-order valence-electron chi connectivity index (χ2n) is 4.41. The number of amides is 1. The van der Waals surface area contributed by atoms with Crippen molar-refractivity contribution in [2.45, 2.75) is 19.4 Å². The van der Waals surface area contributed by atoms with Crippen LogP contribution in [0.25, 0.3) is 0 Å². The van der Waals surface area contributed by atoms with E-state index in [1.165, 1.54) is 20.3 Å². The van der Waals surface area contributed by atoms with Crippen molar-refractivity contribution in [3.63, 3.8) is 0 Å². The van der Waals surface area contributed by atoms with E-state index in [2.05, 4.69) is 14.8 Å². The first kappa shape index (κ1) is 18.2. The molecule has 0 saturated carbocycles. The van der Waals surface area contributed by atoms with Crippen LogP contribution in [0.3, 0.4) is 0 Å². The summed E-state index contributed by atoms with van der Waals surface area (Å²) < 4.78 is 14.1. The third kappa shape index (κ3) is 7.12. The fourth-order valence-corrected chi connectivity index (χ4v) is 1.60. The molecule has 7 nitrogen and oxygen atoms in total. The summed E-state index contributed by atoms with van der Waals surface area (Å²) in [7, 11) is 2.46. The summed E-state index contributed by atoms with van der Waals surface area (Å²) in [6.45, 7) is 0.0727. The average Bonchev–Trinajstić information content (AvgIpc) is 2.59. The standard InChI is InChI=1S/C16H19NO6/c1-21-14(18)10-6-9-13(15(19)22-2)17-16(20)23-11-12-7-4-3-5-8-12/h3-5,7-9H,6,10-11H2,1-2H3,(H,17,20)/b13-9-. The molecule has 0 aliphatic heterocycles. The van der Waals surface area contributed by atoms with E-state index in [9.17, 15) is 14.4 Å². The van der Waals surface area contributed by atoms with Crippen LogP contribution in [0.4, 0.5) is 4.79 Å². The molecule has 0 saturated heterocycles. The van der Waals surface area contributed by atoms with Gasteiger partial charge in [-0.1, -0.05) is 36.4 Å². The van der Waals surface area contributed by atoms with Gasteiger partial charge in [0.15, 0.2) is 0 Å². The zero-order valence-corrected chi connectivity index (χ0v) is 13.0. The van der Waals surface area contributed by atoms with Gasteiger partial charge >= 0.3 is 18.0 Å². The van der Waals surface area contributed by atoms with Crippen molar-refractivity contribution >= 4 is 18.0 Å². The molecule has 0 unspecified atom stereocenters. The zero-order valence-electron chi connectivity index (χ0n) is 13.0. The minimum absolute atomic E-state index is 0.0727. The van der Waals surface area contributed by atoms with E-state index in [0.29, 0.717) is 0 Å². The summed E-state index contributed by atoms with van der Waals surface area (Å²) >= 11 is 0. The molecule has 0 aliphatic carbocycles. The zero-order chi connectivity index (χ0) is 17.1. The summed E-state index contributed by atoms with van der Waals surface area (Å²) in [5.74, 6) is -1.15. The van der Waals surface area contributed by atoms with Crippen molar-refractivity contribution in [3.8, 4) is 0 Å². The smallest absolute Gasteiger partial charge is 0.412 e. The molecule has 0 heterocycles. The molecular formula is C16H19NO6. The molecule has 0 aliphatic rings. The summed E-state index contributed by atoms with van der Waals surface area (Å²) in [4.78, 5) is 34.4. The van der Waals surface area contributed by atoms with Gasteiger partial charge in [-0.2, -0.15) is 0 Å². The first-order valence-electron chi connectivity index (χ1n) is 6.89. The maximum absolute atomic E-state index is 11.7. The molecule has 1 aromatic rings. The number of benzene rings is 1. The second kappa shape index (κ2) is 9.99. The number of hydrogen-bond acceptors (Lipinski definition) is 6. The van der Waals surface area contributed by atoms with Crippen LogP contribution in [0.15, 0.2) is 42.1 Å². The lowest BCUT2D eigenvalue weighted by Gasteiger charge is -2.09. The SMILES string of the molecule is COC(=O)CC/C=C(\NC(=O)OCc1ccccc1)C(=O)OC. The van der Waals surface area contributed by atoms with E-state index >= 15 is 0 Å². The summed E-state index contributed by atoms with van der Waals surface area (Å²) in [5.41, 5.74) is 0.728. The number of hydrogen-bond donors (Lipinski definition) is 1. The van der Waals surface area contributed by atoms with Crippen molar-refractivity contribution < 1.29 is 28.6 Å². The van der Waals surface area contributed by atoms with Gasteiger partial charge < -0.3 is 14.2 Å². The number of esters is 2. The van der Waals surface area contributed by atoms with Crippen molar-refractivity contribution in [3.05, 3.63) is 47.7 Å². The number of alkyl carbamates (subject to hydrolysis) is 1. The highest BCUT2D eigenvalue weighted by atomic mass is 16.6. The number of rotatable bonds is 7. The van der Waals surface area contributed by atoms with Crippen LogP contribution in [0.5, 0.6) is 0 Å². The Morgan fingerprint density at radius 1 is 1.09 bits per heavy atom. The van der Waals surface area contributed by atoms with Crippen LogP contribution in [-0.2, 0) is 30.4 Å². The average molecular weight is 321 g/mol. The maximum atomic E-state index is 11.7. The molecule has 1 rings (SSSR count). The van der Waals surface area contributed by atoms with E-state index < -0.39 is 18.0 Å². The van der Waals surface area contributed by atoms with Gasteiger partial charge in [-0.3, -0.25) is 10.1 Å². The molecular weight excluding hydrogens is 302 g/mol. The van der Waals surface area contributed by atoms with Crippen molar-refractivity contribution in [1.29, 1.82) is 0 Å². The van der Waals surface area contributed by atoms with Crippen LogP contribution < -0.4 is 5.32 Å². The molecule has 0 radical (unpaired) electrons. The number of methoxy groups -OCH3 is 2. The Labute approximate surface area is 134 Å². The van der Waals surface area contributed by atoms with Crippen LogP contribution in [-0.4, -0.2) is 32.3 Å². The van der Waals surface area contributed by atoms with Gasteiger partial charge in [0.05, 0.1) is 14.2 Å². The molecule has 7 heteroatoms. The summed E-state index contributed by atoms with van der Waals surface area (Å²) in [6, 6.07) is 9.11. The Bertz CT molecular complexity index is 567. The lowest BCUT2D eigenvalue weighted by Crippen LogP contribution is -2.28. The predicted molar refractivity (Wildman–Crippen MR) is 81.1 cm³/mol. The summed E-state index contributed by atoms with van der Waals surface area (Å²) in [5, 5.41) is 2.30. The van der Waals surface area contributed by atoms with Crippen molar-refractivity contribution in [1.82, 2.24) is 5.32 Å². The van der Waals surface area contributed by atoms with Crippen LogP contribution >= 0.6 is 0 Å². The molecule has 124 valence electrons. The molecule has 23 heavy (non-hydrogen) atoms. The normalized spacial score (nSPS) is 10.6. The van der Waals surface area contributed by atoms with E-state index in [1.54, 1.807) is 12.1 Å². The molecule has 0 fully saturated rings. The third-order valence-corrected chi connectivity index (χ3v) is 2.78. The fourth-order valence-electron chi connectivity index (χ4n) is 1.60. The largest absolute Gasteiger partial charge is 0.469 e. The molecule has 0 aromatic heterocycles. The van der Waals surface area contributed by atoms with E-state index in [-0.39, 0.29) is 25.1 Å².